The second kappa shape index (κ2) is 18.6. The van der Waals surface area contributed by atoms with E-state index in [4.69, 9.17) is 19.2 Å². The van der Waals surface area contributed by atoms with Gasteiger partial charge in [0.05, 0.1) is 11.4 Å². The number of rotatable bonds is 0. The van der Waals surface area contributed by atoms with E-state index in [0.717, 1.165) is 135 Å². The first-order valence-corrected chi connectivity index (χ1v) is 24.5. The van der Waals surface area contributed by atoms with Crippen molar-refractivity contribution in [1.29, 1.82) is 0 Å². The molecule has 0 spiro atoms. The number of aromatic amines is 2. The molecule has 14 rings (SSSR count). The van der Waals surface area contributed by atoms with Gasteiger partial charge in [0.1, 0.15) is 37.1 Å². The highest BCUT2D eigenvalue weighted by atomic mass is 16.5. The van der Waals surface area contributed by atoms with E-state index < -0.39 is 0 Å². The summed E-state index contributed by atoms with van der Waals surface area (Å²) in [5.41, 5.74) is 20.9. The van der Waals surface area contributed by atoms with Gasteiger partial charge in [-0.25, -0.2) is 4.98 Å². The fourth-order valence-electron chi connectivity index (χ4n) is 10.2. The van der Waals surface area contributed by atoms with E-state index in [1.807, 2.05) is 36.4 Å². The van der Waals surface area contributed by atoms with Crippen LogP contribution in [0.4, 0.5) is 17.1 Å². The zero-order chi connectivity index (χ0) is 47.8. The van der Waals surface area contributed by atoms with Crippen LogP contribution in [0, 0.1) is 0 Å². The first kappa shape index (κ1) is 42.9. The molecule has 7 heterocycles. The number of fused-ring (bicyclic) bond motifs is 6. The summed E-state index contributed by atoms with van der Waals surface area (Å²) in [5, 5.41) is 11.2. The molecule has 3 aromatic heterocycles. The van der Waals surface area contributed by atoms with Gasteiger partial charge in [0.2, 0.25) is 0 Å². The molecule has 72 heavy (non-hydrogen) atoms. The molecule has 0 amide bonds. The van der Waals surface area contributed by atoms with Crippen LogP contribution in [-0.4, -0.2) is 15.0 Å². The summed E-state index contributed by atoms with van der Waals surface area (Å²) in [5.74, 6) is 2.45. The molecule has 0 atom stereocenters. The van der Waals surface area contributed by atoms with Gasteiger partial charge >= 0.3 is 0 Å². The van der Waals surface area contributed by atoms with E-state index in [2.05, 4.69) is 190 Å². The van der Waals surface area contributed by atoms with Crippen LogP contribution in [0.25, 0.3) is 67.6 Å². The van der Waals surface area contributed by atoms with Crippen molar-refractivity contribution in [2.24, 2.45) is 0 Å². The Labute approximate surface area is 417 Å². The van der Waals surface area contributed by atoms with Gasteiger partial charge in [-0.1, -0.05) is 91.0 Å². The Hall–Kier alpha value is -9.21. The van der Waals surface area contributed by atoms with Crippen LogP contribution < -0.4 is 30.2 Å². The molecule has 9 heteroatoms. The zero-order valence-electron chi connectivity index (χ0n) is 39.5. The number of para-hydroxylation sites is 3. The van der Waals surface area contributed by atoms with Crippen LogP contribution >= 0.6 is 0 Å². The van der Waals surface area contributed by atoms with Crippen LogP contribution in [0.2, 0.25) is 0 Å². The summed E-state index contributed by atoms with van der Waals surface area (Å²) >= 11 is 0. The number of nitrogens with zero attached hydrogens (tertiary/aromatic N) is 1. The average Bonchev–Trinajstić information content (AvgIpc) is 4.22. The minimum Gasteiger partial charge on any atom is -0.489 e. The molecule has 18 bridgehead atoms. The Morgan fingerprint density at radius 2 is 0.681 bits per heavy atom. The molecule has 5 N–H and O–H groups in total. The minimum atomic E-state index is 0.362. The first-order valence-electron chi connectivity index (χ1n) is 24.5. The molecule has 0 fully saturated rings. The molecular formula is C63H50N6O3. The van der Waals surface area contributed by atoms with Crippen LogP contribution in [0.15, 0.2) is 188 Å². The van der Waals surface area contributed by atoms with E-state index in [-0.39, 0.29) is 0 Å². The second-order valence-electron chi connectivity index (χ2n) is 18.6. The Balaban J connectivity index is 1.06. The van der Waals surface area contributed by atoms with Crippen LogP contribution in [0.5, 0.6) is 17.2 Å². The van der Waals surface area contributed by atoms with Crippen molar-refractivity contribution in [3.05, 3.63) is 233 Å². The molecule has 9 nitrogen and oxygen atoms in total. The van der Waals surface area contributed by atoms with Gasteiger partial charge in [0, 0.05) is 92.1 Å². The lowest BCUT2D eigenvalue weighted by molar-refractivity contribution is 0.290. The molecule has 0 aliphatic carbocycles. The van der Waals surface area contributed by atoms with Crippen molar-refractivity contribution in [2.45, 2.75) is 39.5 Å². The van der Waals surface area contributed by atoms with Crippen LogP contribution in [0.3, 0.4) is 0 Å². The number of aromatic nitrogens is 3. The third kappa shape index (κ3) is 8.62. The highest BCUT2D eigenvalue weighted by molar-refractivity contribution is 6.00. The molecule has 350 valence electrons. The highest BCUT2D eigenvalue weighted by Gasteiger charge is 2.19. The van der Waals surface area contributed by atoms with Gasteiger partial charge in [0.25, 0.3) is 0 Å². The number of hydrogen-bond acceptors (Lipinski definition) is 7. The maximum Gasteiger partial charge on any atom is 0.124 e. The number of H-pyrrole nitrogens is 2. The van der Waals surface area contributed by atoms with Gasteiger partial charge in [-0.15, -0.1) is 0 Å². The lowest BCUT2D eigenvalue weighted by Gasteiger charge is -2.17. The van der Waals surface area contributed by atoms with Gasteiger partial charge in [0.15, 0.2) is 0 Å². The molecule has 7 aromatic carbocycles. The summed E-state index contributed by atoms with van der Waals surface area (Å²) in [4.78, 5) is 13.3. The normalized spacial score (nSPS) is 13.6. The van der Waals surface area contributed by atoms with Crippen molar-refractivity contribution >= 4 is 51.3 Å². The fraction of sp³-hybridized carbons (Fsp3) is 0.0952. The Morgan fingerprint density at radius 3 is 1.07 bits per heavy atom. The first-order chi connectivity index (χ1) is 35.6. The van der Waals surface area contributed by atoms with Crippen LogP contribution in [0.1, 0.15) is 44.8 Å². The molecule has 10 aromatic rings. The Kier molecular flexibility index (Phi) is 11.1. The topological polar surface area (TPSA) is 108 Å². The number of nitrogens with one attached hydrogen (secondary N) is 5. The van der Waals surface area contributed by atoms with Crippen molar-refractivity contribution in [3.8, 4) is 50.6 Å². The smallest absolute Gasteiger partial charge is 0.124 e. The third-order valence-electron chi connectivity index (χ3n) is 13.7. The zero-order valence-corrected chi connectivity index (χ0v) is 39.5. The quantitative estimate of drug-likeness (QED) is 0.103. The molecule has 0 saturated heterocycles. The average molecular weight is 939 g/mol. The van der Waals surface area contributed by atoms with E-state index in [0.29, 0.717) is 39.5 Å². The summed E-state index contributed by atoms with van der Waals surface area (Å²) in [6.07, 6.45) is 4.29. The van der Waals surface area contributed by atoms with E-state index in [1.165, 1.54) is 0 Å². The molecule has 0 saturated carbocycles. The second-order valence-corrected chi connectivity index (χ2v) is 18.6. The number of anilines is 3. The lowest BCUT2D eigenvalue weighted by atomic mass is 10.0. The molecule has 0 radical (unpaired) electrons. The summed E-state index contributed by atoms with van der Waals surface area (Å²) in [6.45, 7) is 2.76. The number of ether oxygens (including phenoxy) is 3. The SMILES string of the molecule is C1=Cc2nc1c1c3ccc([nH]3)c3c4ccc([nH]4)c2-c2cccc(c2)NCc2ccccc2OCc2cc(cc(c2)COc2ccccc2CNc2cccc-3c2)COc2ccccc2CNc2cccc-1c2. The van der Waals surface area contributed by atoms with E-state index in [9.17, 15) is 0 Å². The number of hydrogen-bond donors (Lipinski definition) is 5. The van der Waals surface area contributed by atoms with Gasteiger partial charge in [-0.3, -0.25) is 0 Å². The van der Waals surface area contributed by atoms with Gasteiger partial charge in [-0.05, 0) is 143 Å². The molecule has 4 aliphatic rings. The van der Waals surface area contributed by atoms with Gasteiger partial charge in [-0.2, -0.15) is 0 Å². The largest absolute Gasteiger partial charge is 0.489 e. The number of benzene rings is 7. The summed E-state index contributed by atoms with van der Waals surface area (Å²) in [6, 6.07) is 65.9. The molecule has 0 unspecified atom stereocenters. The monoisotopic (exact) mass is 938 g/mol. The fourth-order valence-corrected chi connectivity index (χ4v) is 10.2. The van der Waals surface area contributed by atoms with E-state index >= 15 is 0 Å². The standard InChI is InChI=1S/C63H50N6O3/c1-4-19-58-46(10-1)34-64-49-16-7-13-43(31-49)61-52-22-24-54(67-52)62-44-14-8-17-50(32-44)65-35-47-11-2-5-20-59(47)71-38-41-28-40(37-70-58)29-42(30-41)39-72-60-21-6-3-12-48(60)36-66-51-18-9-15-45(33-51)63(55-25-23-53(61)68-55)57-27-26-56(62)69-57/h1-33,64-68H,34-39H2. The van der Waals surface area contributed by atoms with Crippen molar-refractivity contribution in [3.63, 3.8) is 0 Å². The predicted octanol–water partition coefficient (Wildman–Crippen LogP) is 14.9. The summed E-state index contributed by atoms with van der Waals surface area (Å²) < 4.78 is 20.1. The molecular weight excluding hydrogens is 889 g/mol. The predicted molar refractivity (Wildman–Crippen MR) is 292 cm³/mol. The van der Waals surface area contributed by atoms with Crippen molar-refractivity contribution < 1.29 is 14.2 Å². The minimum absolute atomic E-state index is 0.362. The molecule has 4 aliphatic heterocycles. The van der Waals surface area contributed by atoms with Crippen molar-refractivity contribution in [1.82, 2.24) is 15.0 Å². The highest BCUT2D eigenvalue weighted by Crippen LogP contribution is 2.39. The lowest BCUT2D eigenvalue weighted by Crippen LogP contribution is -2.07. The maximum absolute atomic E-state index is 6.71. The maximum atomic E-state index is 6.71. The van der Waals surface area contributed by atoms with Crippen molar-refractivity contribution in [2.75, 3.05) is 16.0 Å². The Bertz CT molecular complexity index is 3620. The van der Waals surface area contributed by atoms with Gasteiger partial charge < -0.3 is 40.1 Å². The Morgan fingerprint density at radius 1 is 0.333 bits per heavy atom. The third-order valence-corrected chi connectivity index (χ3v) is 13.7. The van der Waals surface area contributed by atoms with Crippen LogP contribution in [-0.2, 0) is 39.5 Å². The summed E-state index contributed by atoms with van der Waals surface area (Å²) in [7, 11) is 0. The van der Waals surface area contributed by atoms with E-state index in [1.54, 1.807) is 0 Å².